The molecule has 0 spiro atoms. The highest BCUT2D eigenvalue weighted by atomic mass is 16.1. The topological polar surface area (TPSA) is 72.3 Å². The van der Waals surface area contributed by atoms with Gasteiger partial charge in [-0.1, -0.05) is 12.8 Å². The molecular weight excluding hydrogens is 238 g/mol. The number of carbonyl (C=O) groups is 1. The lowest BCUT2D eigenvalue weighted by Gasteiger charge is -2.34. The molecule has 1 saturated heterocycles. The number of nitrogens with zero attached hydrogens (tertiary/aromatic N) is 1. The van der Waals surface area contributed by atoms with Crippen LogP contribution in [-0.4, -0.2) is 35.0 Å². The Kier molecular flexibility index (Phi) is 3.56. The van der Waals surface area contributed by atoms with Crippen LogP contribution in [0.5, 0.6) is 0 Å². The number of amides is 1. The van der Waals surface area contributed by atoms with Gasteiger partial charge in [0.05, 0.1) is 5.54 Å². The van der Waals surface area contributed by atoms with E-state index in [4.69, 9.17) is 11.5 Å². The lowest BCUT2D eigenvalue weighted by atomic mass is 9.94. The number of rotatable bonds is 3. The van der Waals surface area contributed by atoms with Crippen LogP contribution in [0.15, 0.2) is 0 Å². The Labute approximate surface area is 115 Å². The van der Waals surface area contributed by atoms with Crippen molar-refractivity contribution in [1.29, 1.82) is 0 Å². The summed E-state index contributed by atoms with van der Waals surface area (Å²) in [6.45, 7) is 1.20. The monoisotopic (exact) mass is 265 g/mol. The Morgan fingerprint density at radius 2 is 1.84 bits per heavy atom. The minimum Gasteiger partial charge on any atom is -0.368 e. The van der Waals surface area contributed by atoms with E-state index in [9.17, 15) is 4.79 Å². The van der Waals surface area contributed by atoms with E-state index in [2.05, 4.69) is 4.90 Å². The molecule has 3 atom stereocenters. The first kappa shape index (κ1) is 13.4. The molecule has 3 rings (SSSR count). The van der Waals surface area contributed by atoms with E-state index in [1.165, 1.54) is 45.1 Å². The van der Waals surface area contributed by atoms with Crippen molar-refractivity contribution in [3.63, 3.8) is 0 Å². The normalized spacial score (nSPS) is 41.1. The van der Waals surface area contributed by atoms with Gasteiger partial charge in [-0.3, -0.25) is 9.69 Å². The van der Waals surface area contributed by atoms with Gasteiger partial charge in [-0.05, 0) is 57.4 Å². The largest absolute Gasteiger partial charge is 0.368 e. The van der Waals surface area contributed by atoms with Crippen LogP contribution in [0.1, 0.15) is 57.8 Å². The zero-order chi connectivity index (χ0) is 13.5. The third-order valence-electron chi connectivity index (χ3n) is 5.77. The summed E-state index contributed by atoms with van der Waals surface area (Å²) in [6, 6.07) is 1.24. The van der Waals surface area contributed by atoms with Crippen LogP contribution in [0.3, 0.4) is 0 Å². The third-order valence-corrected chi connectivity index (χ3v) is 5.77. The first-order valence-corrected chi connectivity index (χ1v) is 7.95. The van der Waals surface area contributed by atoms with E-state index in [1.807, 2.05) is 0 Å². The summed E-state index contributed by atoms with van der Waals surface area (Å²) in [5.41, 5.74) is 10.9. The van der Waals surface area contributed by atoms with Crippen molar-refractivity contribution in [2.45, 2.75) is 75.4 Å². The molecule has 0 aromatic rings. The fourth-order valence-corrected chi connectivity index (χ4v) is 4.67. The lowest BCUT2D eigenvalue weighted by molar-refractivity contribution is -0.123. The van der Waals surface area contributed by atoms with Gasteiger partial charge in [0.1, 0.15) is 0 Å². The van der Waals surface area contributed by atoms with Gasteiger partial charge in [0, 0.05) is 12.1 Å². The van der Waals surface area contributed by atoms with Gasteiger partial charge in [-0.25, -0.2) is 0 Å². The van der Waals surface area contributed by atoms with Crippen molar-refractivity contribution < 1.29 is 4.79 Å². The molecule has 4 N–H and O–H groups in total. The molecule has 3 fully saturated rings. The highest BCUT2D eigenvalue weighted by Crippen LogP contribution is 2.40. The van der Waals surface area contributed by atoms with Crippen molar-refractivity contribution in [2.24, 2.45) is 17.4 Å². The fourth-order valence-electron chi connectivity index (χ4n) is 4.67. The first-order valence-electron chi connectivity index (χ1n) is 7.95. The van der Waals surface area contributed by atoms with Crippen LogP contribution < -0.4 is 11.5 Å². The molecule has 4 nitrogen and oxygen atoms in total. The molecule has 3 unspecified atom stereocenters. The summed E-state index contributed by atoms with van der Waals surface area (Å²) in [7, 11) is 0. The maximum absolute atomic E-state index is 11.5. The smallest absolute Gasteiger partial charge is 0.237 e. The maximum atomic E-state index is 11.5. The highest BCUT2D eigenvalue weighted by molar-refractivity contribution is 5.84. The SMILES string of the molecule is NC(=O)C1(N)CCC(N2CCCC2C2CCCC2)C1. The average molecular weight is 265 g/mol. The second-order valence-electron chi connectivity index (χ2n) is 6.91. The van der Waals surface area contributed by atoms with Gasteiger partial charge in [0.15, 0.2) is 0 Å². The summed E-state index contributed by atoms with van der Waals surface area (Å²) >= 11 is 0. The van der Waals surface area contributed by atoms with E-state index < -0.39 is 5.54 Å². The molecular formula is C15H27N3O. The van der Waals surface area contributed by atoms with E-state index >= 15 is 0 Å². The molecule has 1 heterocycles. The molecule has 2 aliphatic carbocycles. The fraction of sp³-hybridized carbons (Fsp3) is 0.933. The number of likely N-dealkylation sites (tertiary alicyclic amines) is 1. The zero-order valence-corrected chi connectivity index (χ0v) is 11.8. The standard InChI is InChI=1S/C15H27N3O/c16-14(19)15(17)8-7-12(10-15)18-9-3-6-13(18)11-4-1-2-5-11/h11-13H,1-10,17H2,(H2,16,19). The van der Waals surface area contributed by atoms with Crippen molar-refractivity contribution >= 4 is 5.91 Å². The van der Waals surface area contributed by atoms with Gasteiger partial charge in [-0.2, -0.15) is 0 Å². The number of primary amides is 1. The quantitative estimate of drug-likeness (QED) is 0.809. The molecule has 0 aromatic carbocycles. The van der Waals surface area contributed by atoms with Gasteiger partial charge in [0.2, 0.25) is 5.91 Å². The Hall–Kier alpha value is -0.610. The van der Waals surface area contributed by atoms with Crippen molar-refractivity contribution in [3.8, 4) is 0 Å². The third kappa shape index (κ3) is 2.40. The van der Waals surface area contributed by atoms with Gasteiger partial charge >= 0.3 is 0 Å². The van der Waals surface area contributed by atoms with E-state index in [-0.39, 0.29) is 5.91 Å². The number of nitrogens with two attached hydrogens (primary N) is 2. The summed E-state index contributed by atoms with van der Waals surface area (Å²) < 4.78 is 0. The molecule has 3 aliphatic rings. The molecule has 0 radical (unpaired) electrons. The van der Waals surface area contributed by atoms with E-state index in [0.29, 0.717) is 6.04 Å². The second-order valence-corrected chi connectivity index (χ2v) is 6.91. The van der Waals surface area contributed by atoms with Crippen molar-refractivity contribution in [2.75, 3.05) is 6.54 Å². The summed E-state index contributed by atoms with van der Waals surface area (Å²) in [6.07, 6.45) is 10.8. The molecule has 1 aliphatic heterocycles. The predicted octanol–water partition coefficient (Wildman–Crippen LogP) is 1.38. The van der Waals surface area contributed by atoms with Gasteiger partial charge in [-0.15, -0.1) is 0 Å². The summed E-state index contributed by atoms with van der Waals surface area (Å²) in [5.74, 6) is 0.579. The first-order chi connectivity index (χ1) is 9.10. The van der Waals surface area contributed by atoms with Crippen LogP contribution in [0, 0.1) is 5.92 Å². The maximum Gasteiger partial charge on any atom is 0.237 e. The van der Waals surface area contributed by atoms with Gasteiger partial charge < -0.3 is 11.5 Å². The molecule has 19 heavy (non-hydrogen) atoms. The van der Waals surface area contributed by atoms with Crippen LogP contribution in [0.4, 0.5) is 0 Å². The van der Waals surface area contributed by atoms with E-state index in [0.717, 1.165) is 31.2 Å². The Balaban J connectivity index is 1.67. The van der Waals surface area contributed by atoms with Crippen molar-refractivity contribution in [1.82, 2.24) is 4.90 Å². The molecule has 2 saturated carbocycles. The minimum atomic E-state index is -0.743. The zero-order valence-electron chi connectivity index (χ0n) is 11.8. The minimum absolute atomic E-state index is 0.313. The molecule has 0 aromatic heterocycles. The predicted molar refractivity (Wildman–Crippen MR) is 75.4 cm³/mol. The van der Waals surface area contributed by atoms with Crippen LogP contribution in [-0.2, 0) is 4.79 Å². The number of hydrogen-bond acceptors (Lipinski definition) is 3. The highest BCUT2D eigenvalue weighted by Gasteiger charge is 2.46. The second kappa shape index (κ2) is 5.06. The van der Waals surface area contributed by atoms with E-state index in [1.54, 1.807) is 0 Å². The molecule has 4 heteroatoms. The van der Waals surface area contributed by atoms with Gasteiger partial charge in [0.25, 0.3) is 0 Å². The molecule has 1 amide bonds. The molecule has 108 valence electrons. The van der Waals surface area contributed by atoms with Crippen LogP contribution in [0.2, 0.25) is 0 Å². The Morgan fingerprint density at radius 1 is 1.11 bits per heavy atom. The summed E-state index contributed by atoms with van der Waals surface area (Å²) in [4.78, 5) is 14.2. The average Bonchev–Trinajstić information content (AvgIpc) is 3.08. The number of carbonyl (C=O) groups excluding carboxylic acids is 1. The molecule has 0 bridgehead atoms. The van der Waals surface area contributed by atoms with Crippen LogP contribution in [0.25, 0.3) is 0 Å². The van der Waals surface area contributed by atoms with Crippen LogP contribution >= 0.6 is 0 Å². The Bertz CT molecular complexity index is 353. The number of hydrogen-bond donors (Lipinski definition) is 2. The Morgan fingerprint density at radius 3 is 2.47 bits per heavy atom. The summed E-state index contributed by atoms with van der Waals surface area (Å²) in [5, 5.41) is 0. The lowest BCUT2D eigenvalue weighted by Crippen LogP contribution is -2.51. The van der Waals surface area contributed by atoms with Crippen molar-refractivity contribution in [3.05, 3.63) is 0 Å².